The number of ether oxygens (including phenoxy) is 2. The first kappa shape index (κ1) is 15.9. The average Bonchev–Trinajstić information content (AvgIpc) is 2.66. The normalized spacial score (nSPS) is 18.2. The van der Waals surface area contributed by atoms with Gasteiger partial charge in [0.15, 0.2) is 0 Å². The number of rotatable bonds is 1. The average molecular weight is 360 g/mol. The molecule has 0 spiro atoms. The minimum Gasteiger partial charge on any atom is -0.489 e. The lowest BCUT2D eigenvalue weighted by Gasteiger charge is -2.29. The van der Waals surface area contributed by atoms with Gasteiger partial charge in [0.1, 0.15) is 23.7 Å². The zero-order chi connectivity index (χ0) is 18.5. The lowest BCUT2D eigenvalue weighted by molar-refractivity contribution is -0.135. The van der Waals surface area contributed by atoms with E-state index in [2.05, 4.69) is 6.08 Å². The zero-order valence-electron chi connectivity index (χ0n) is 14.7. The highest BCUT2D eigenvalue weighted by Gasteiger charge is 2.34. The lowest BCUT2D eigenvalue weighted by Crippen LogP contribution is -2.25. The Kier molecular flexibility index (Phi) is 3.44. The maximum atomic E-state index is 12.2. The maximum Gasteiger partial charge on any atom is 0.336 e. The van der Waals surface area contributed by atoms with Crippen LogP contribution in [0, 0.1) is 6.92 Å². The maximum absolute atomic E-state index is 12.2. The smallest absolute Gasteiger partial charge is 0.336 e. The second kappa shape index (κ2) is 5.84. The van der Waals surface area contributed by atoms with Gasteiger partial charge in [-0.15, -0.1) is 0 Å². The summed E-state index contributed by atoms with van der Waals surface area (Å²) in [4.78, 5) is 24.2. The van der Waals surface area contributed by atoms with Crippen LogP contribution in [0.1, 0.15) is 29.0 Å². The highest BCUT2D eigenvalue weighted by Crippen LogP contribution is 2.45. The molecule has 134 valence electrons. The molecular formula is C22H16O5. The van der Waals surface area contributed by atoms with Gasteiger partial charge in [-0.25, -0.2) is 4.79 Å². The molecule has 3 aromatic rings. The van der Waals surface area contributed by atoms with Gasteiger partial charge in [-0.05, 0) is 42.3 Å². The van der Waals surface area contributed by atoms with Crippen LogP contribution in [0.5, 0.6) is 11.5 Å². The standard InChI is InChI=1S/C22H16O5/c1-12-8-19(23)27-22-15(12)6-7-18-21(22)16(10-20(24)26-18)14-9-13-4-2-3-5-17(13)25-11-14/h2-9,16H,10-11H2,1H3/t16-/m0/s1. The summed E-state index contributed by atoms with van der Waals surface area (Å²) in [6.07, 6.45) is 2.24. The van der Waals surface area contributed by atoms with E-state index in [1.54, 1.807) is 6.07 Å². The van der Waals surface area contributed by atoms with Crippen molar-refractivity contribution in [1.29, 1.82) is 0 Å². The number of benzene rings is 2. The molecule has 0 amide bonds. The van der Waals surface area contributed by atoms with Crippen molar-refractivity contribution in [3.05, 3.63) is 75.1 Å². The van der Waals surface area contributed by atoms with E-state index in [4.69, 9.17) is 13.9 Å². The van der Waals surface area contributed by atoms with E-state index < -0.39 is 5.63 Å². The number of carbonyl (C=O) groups is 1. The van der Waals surface area contributed by atoms with E-state index in [0.717, 1.165) is 33.4 Å². The largest absolute Gasteiger partial charge is 0.489 e. The van der Waals surface area contributed by atoms with Crippen LogP contribution in [0.3, 0.4) is 0 Å². The Bertz CT molecular complexity index is 1190. The molecule has 0 aliphatic carbocycles. The van der Waals surface area contributed by atoms with Crippen LogP contribution in [0.2, 0.25) is 0 Å². The quantitative estimate of drug-likeness (QED) is 0.373. The first-order chi connectivity index (χ1) is 13.1. The Morgan fingerprint density at radius 2 is 1.89 bits per heavy atom. The van der Waals surface area contributed by atoms with E-state index in [1.165, 1.54) is 6.07 Å². The molecule has 0 fully saturated rings. The molecule has 5 heteroatoms. The first-order valence-electron chi connectivity index (χ1n) is 8.80. The molecule has 0 radical (unpaired) electrons. The minimum atomic E-state index is -0.414. The van der Waals surface area contributed by atoms with Crippen LogP contribution in [0.25, 0.3) is 17.0 Å². The first-order valence-corrected chi connectivity index (χ1v) is 8.80. The van der Waals surface area contributed by atoms with Crippen molar-refractivity contribution in [2.24, 2.45) is 0 Å². The summed E-state index contributed by atoms with van der Waals surface area (Å²) in [6, 6.07) is 12.8. The number of esters is 1. The topological polar surface area (TPSA) is 65.7 Å². The van der Waals surface area contributed by atoms with Crippen molar-refractivity contribution >= 4 is 23.0 Å². The second-order valence-corrected chi connectivity index (χ2v) is 6.88. The Morgan fingerprint density at radius 1 is 1.04 bits per heavy atom. The molecule has 5 nitrogen and oxygen atoms in total. The summed E-state index contributed by atoms with van der Waals surface area (Å²) in [5.74, 6) is 0.697. The molecule has 2 aliphatic heterocycles. The molecule has 27 heavy (non-hydrogen) atoms. The molecule has 0 bridgehead atoms. The van der Waals surface area contributed by atoms with E-state index in [-0.39, 0.29) is 18.3 Å². The van der Waals surface area contributed by atoms with Crippen LogP contribution >= 0.6 is 0 Å². The highest BCUT2D eigenvalue weighted by molar-refractivity contribution is 5.90. The minimum absolute atomic E-state index is 0.182. The van der Waals surface area contributed by atoms with Crippen molar-refractivity contribution in [3.8, 4) is 11.5 Å². The van der Waals surface area contributed by atoms with Gasteiger partial charge in [0.2, 0.25) is 0 Å². The van der Waals surface area contributed by atoms with Crippen LogP contribution < -0.4 is 15.1 Å². The summed E-state index contributed by atoms with van der Waals surface area (Å²) in [5.41, 5.74) is 3.57. The number of hydrogen-bond acceptors (Lipinski definition) is 5. The molecule has 1 aromatic heterocycles. The third-order valence-corrected chi connectivity index (χ3v) is 5.16. The van der Waals surface area contributed by atoms with Gasteiger partial charge in [-0.2, -0.15) is 0 Å². The number of para-hydroxylation sites is 1. The third kappa shape index (κ3) is 2.54. The fourth-order valence-electron chi connectivity index (χ4n) is 3.89. The second-order valence-electron chi connectivity index (χ2n) is 6.88. The van der Waals surface area contributed by atoms with Crippen LogP contribution in [0.15, 0.2) is 57.2 Å². The van der Waals surface area contributed by atoms with E-state index in [0.29, 0.717) is 17.9 Å². The fraction of sp³-hybridized carbons (Fsp3) is 0.182. The van der Waals surface area contributed by atoms with Crippen molar-refractivity contribution in [1.82, 2.24) is 0 Å². The molecule has 3 heterocycles. The number of hydrogen-bond donors (Lipinski definition) is 0. The predicted molar refractivity (Wildman–Crippen MR) is 100 cm³/mol. The summed E-state index contributed by atoms with van der Waals surface area (Å²) < 4.78 is 16.9. The Balaban J connectivity index is 1.75. The summed E-state index contributed by atoms with van der Waals surface area (Å²) in [6.45, 7) is 2.25. The fourth-order valence-corrected chi connectivity index (χ4v) is 3.89. The van der Waals surface area contributed by atoms with Crippen molar-refractivity contribution in [2.75, 3.05) is 6.61 Å². The van der Waals surface area contributed by atoms with Gasteiger partial charge in [-0.1, -0.05) is 18.2 Å². The summed E-state index contributed by atoms with van der Waals surface area (Å²) in [7, 11) is 0. The highest BCUT2D eigenvalue weighted by atomic mass is 16.5. The molecule has 0 saturated carbocycles. The van der Waals surface area contributed by atoms with Crippen molar-refractivity contribution in [2.45, 2.75) is 19.3 Å². The SMILES string of the molecule is Cc1cc(=O)oc2c3c(ccc12)OC(=O)C[C@H]3C1=Cc2ccccc2OC1. The number of aryl methyl sites for hydroxylation is 1. The molecule has 2 aromatic carbocycles. The van der Waals surface area contributed by atoms with Crippen LogP contribution in [0.4, 0.5) is 0 Å². The Labute approximate surface area is 154 Å². The van der Waals surface area contributed by atoms with Crippen LogP contribution in [-0.2, 0) is 4.79 Å². The lowest BCUT2D eigenvalue weighted by atomic mass is 9.83. The van der Waals surface area contributed by atoms with Gasteiger partial charge in [0.05, 0.1) is 6.42 Å². The van der Waals surface area contributed by atoms with Gasteiger partial charge >= 0.3 is 11.6 Å². The molecule has 0 N–H and O–H groups in total. The van der Waals surface area contributed by atoms with E-state index in [1.807, 2.05) is 37.3 Å². The Morgan fingerprint density at radius 3 is 2.78 bits per heavy atom. The predicted octanol–water partition coefficient (Wildman–Crippen LogP) is 3.97. The molecule has 0 saturated heterocycles. The number of fused-ring (bicyclic) bond motifs is 4. The number of carbonyl (C=O) groups excluding carboxylic acids is 1. The van der Waals surface area contributed by atoms with Gasteiger partial charge < -0.3 is 13.9 Å². The van der Waals surface area contributed by atoms with Crippen LogP contribution in [-0.4, -0.2) is 12.6 Å². The monoisotopic (exact) mass is 360 g/mol. The molecular weight excluding hydrogens is 344 g/mol. The molecule has 0 unspecified atom stereocenters. The summed E-state index contributed by atoms with van der Waals surface area (Å²) in [5, 5.41) is 0.842. The van der Waals surface area contributed by atoms with Gasteiger partial charge in [0, 0.05) is 28.5 Å². The van der Waals surface area contributed by atoms with Gasteiger partial charge in [0.25, 0.3) is 0 Å². The van der Waals surface area contributed by atoms with Gasteiger partial charge in [-0.3, -0.25) is 4.79 Å². The van der Waals surface area contributed by atoms with Crippen molar-refractivity contribution < 1.29 is 18.7 Å². The molecule has 2 aliphatic rings. The van der Waals surface area contributed by atoms with E-state index in [9.17, 15) is 9.59 Å². The molecule has 5 rings (SSSR count). The third-order valence-electron chi connectivity index (χ3n) is 5.16. The zero-order valence-corrected chi connectivity index (χ0v) is 14.7. The molecule has 1 atom stereocenters. The summed E-state index contributed by atoms with van der Waals surface area (Å²) >= 11 is 0. The Hall–Kier alpha value is -3.34. The van der Waals surface area contributed by atoms with E-state index >= 15 is 0 Å². The van der Waals surface area contributed by atoms with Crippen molar-refractivity contribution in [3.63, 3.8) is 0 Å².